The van der Waals surface area contributed by atoms with Crippen LogP contribution < -0.4 is 10.5 Å². The van der Waals surface area contributed by atoms with E-state index in [1.54, 1.807) is 36.4 Å². The summed E-state index contributed by atoms with van der Waals surface area (Å²) in [6.45, 7) is 0.272. The van der Waals surface area contributed by atoms with Crippen molar-refractivity contribution in [1.29, 1.82) is 0 Å². The molecule has 0 saturated carbocycles. The summed E-state index contributed by atoms with van der Waals surface area (Å²) in [5, 5.41) is 8.10. The van der Waals surface area contributed by atoms with Gasteiger partial charge in [-0.25, -0.2) is 22.0 Å². The van der Waals surface area contributed by atoms with Gasteiger partial charge in [-0.05, 0) is 47.9 Å². The number of hydrogen-bond acceptors (Lipinski definition) is 6. The Morgan fingerprint density at radius 1 is 0.938 bits per heavy atom. The highest BCUT2D eigenvalue weighted by Crippen LogP contribution is 2.20. The van der Waals surface area contributed by atoms with Crippen LogP contribution in [0, 0.1) is 0 Å². The maximum absolute atomic E-state index is 12.5. The van der Waals surface area contributed by atoms with Crippen LogP contribution in [0.25, 0.3) is 0 Å². The molecule has 0 saturated heterocycles. The summed E-state index contributed by atoms with van der Waals surface area (Å²) < 4.78 is 52.8. The molecule has 0 aliphatic heterocycles. The molecule has 0 radical (unpaired) electrons. The number of carbonyl (C=O) groups excluding carboxylic acids is 1. The molecule has 0 atom stereocenters. The highest BCUT2D eigenvalue weighted by atomic mass is 35.5. The Labute approximate surface area is 191 Å². The standard InChI is InChI=1S/C21H21ClN2O6S2/c22-19-4-2-1-3-16(19)13-31(26,27)14-17-7-10-20(30-17)21(25)24-12-11-15-5-8-18(9-6-15)32(23,28)29/h1-10H,11-14H2,(H,24,25)(H2,23,28,29). The fourth-order valence-corrected chi connectivity index (χ4v) is 5.16. The predicted octanol–water partition coefficient (Wildman–Crippen LogP) is 2.67. The second kappa shape index (κ2) is 9.86. The number of nitrogens with one attached hydrogen (secondary N) is 1. The van der Waals surface area contributed by atoms with Gasteiger partial charge < -0.3 is 9.73 Å². The van der Waals surface area contributed by atoms with Gasteiger partial charge in [0, 0.05) is 11.6 Å². The molecule has 0 fully saturated rings. The Morgan fingerprint density at radius 3 is 2.28 bits per heavy atom. The summed E-state index contributed by atoms with van der Waals surface area (Å²) in [5.41, 5.74) is 1.30. The summed E-state index contributed by atoms with van der Waals surface area (Å²) in [5.74, 6) is -0.930. The van der Waals surface area contributed by atoms with E-state index in [9.17, 15) is 21.6 Å². The van der Waals surface area contributed by atoms with Crippen LogP contribution in [0.1, 0.15) is 27.4 Å². The van der Waals surface area contributed by atoms with Gasteiger partial charge in [0.05, 0.1) is 10.6 Å². The van der Waals surface area contributed by atoms with E-state index in [0.29, 0.717) is 17.0 Å². The first kappa shape index (κ1) is 24.0. The molecule has 1 aromatic heterocycles. The molecule has 8 nitrogen and oxygen atoms in total. The van der Waals surface area contributed by atoms with E-state index < -0.39 is 25.8 Å². The third-order valence-corrected chi connectivity index (χ3v) is 7.31. The fraction of sp³-hybridized carbons (Fsp3) is 0.190. The molecule has 0 aliphatic carbocycles. The number of sulfonamides is 1. The molecular weight excluding hydrogens is 476 g/mol. The number of carbonyl (C=O) groups is 1. The number of rotatable bonds is 9. The largest absolute Gasteiger partial charge is 0.455 e. The molecule has 170 valence electrons. The smallest absolute Gasteiger partial charge is 0.287 e. The molecule has 0 spiro atoms. The molecular formula is C21H21ClN2O6S2. The first-order chi connectivity index (χ1) is 15.0. The van der Waals surface area contributed by atoms with Crippen molar-refractivity contribution in [1.82, 2.24) is 5.32 Å². The molecule has 0 unspecified atom stereocenters. The van der Waals surface area contributed by atoms with Gasteiger partial charge in [-0.2, -0.15) is 0 Å². The highest BCUT2D eigenvalue weighted by Gasteiger charge is 2.19. The summed E-state index contributed by atoms with van der Waals surface area (Å²) in [4.78, 5) is 12.3. The van der Waals surface area contributed by atoms with Crippen molar-refractivity contribution in [3.05, 3.63) is 88.3 Å². The molecule has 1 heterocycles. The van der Waals surface area contributed by atoms with Crippen LogP contribution >= 0.6 is 11.6 Å². The maximum atomic E-state index is 12.5. The zero-order valence-corrected chi connectivity index (χ0v) is 19.2. The SMILES string of the molecule is NS(=O)(=O)c1ccc(CCNC(=O)c2ccc(CS(=O)(=O)Cc3ccccc3Cl)o2)cc1. The Balaban J connectivity index is 1.53. The zero-order chi connectivity index (χ0) is 23.4. The normalized spacial score (nSPS) is 11.9. The summed E-state index contributed by atoms with van der Waals surface area (Å²) in [6, 6.07) is 15.6. The van der Waals surface area contributed by atoms with Crippen molar-refractivity contribution in [2.75, 3.05) is 6.54 Å². The van der Waals surface area contributed by atoms with Gasteiger partial charge in [0.2, 0.25) is 10.0 Å². The molecule has 3 N–H and O–H groups in total. The number of furan rings is 1. The predicted molar refractivity (Wildman–Crippen MR) is 120 cm³/mol. The monoisotopic (exact) mass is 496 g/mol. The van der Waals surface area contributed by atoms with Crippen molar-refractivity contribution >= 4 is 37.4 Å². The molecule has 2 aromatic carbocycles. The van der Waals surface area contributed by atoms with Gasteiger partial charge >= 0.3 is 0 Å². The van der Waals surface area contributed by atoms with Gasteiger partial charge in [0.25, 0.3) is 5.91 Å². The number of benzene rings is 2. The van der Waals surface area contributed by atoms with Gasteiger partial charge in [-0.15, -0.1) is 0 Å². The fourth-order valence-electron chi connectivity index (χ4n) is 2.95. The van der Waals surface area contributed by atoms with E-state index in [2.05, 4.69) is 5.32 Å². The molecule has 3 rings (SSSR count). The van der Waals surface area contributed by atoms with E-state index >= 15 is 0 Å². The average Bonchev–Trinajstić information content (AvgIpc) is 3.17. The second-order valence-electron chi connectivity index (χ2n) is 7.08. The number of nitrogens with two attached hydrogens (primary N) is 1. The van der Waals surface area contributed by atoms with E-state index in [1.165, 1.54) is 24.3 Å². The van der Waals surface area contributed by atoms with E-state index in [1.807, 2.05) is 0 Å². The minimum atomic E-state index is -3.75. The molecule has 11 heteroatoms. The Morgan fingerprint density at radius 2 is 1.62 bits per heavy atom. The molecule has 0 bridgehead atoms. The third kappa shape index (κ3) is 6.67. The van der Waals surface area contributed by atoms with Crippen LogP contribution in [0.4, 0.5) is 0 Å². The van der Waals surface area contributed by atoms with Crippen molar-refractivity contribution < 1.29 is 26.0 Å². The van der Waals surface area contributed by atoms with Gasteiger partial charge in [0.1, 0.15) is 11.5 Å². The average molecular weight is 497 g/mol. The first-order valence-corrected chi connectivity index (χ1v) is 13.2. The van der Waals surface area contributed by atoms with Crippen LogP contribution in [0.2, 0.25) is 5.02 Å². The van der Waals surface area contributed by atoms with Crippen LogP contribution in [-0.2, 0) is 37.8 Å². The third-order valence-electron chi connectivity index (χ3n) is 4.53. The molecule has 1 amide bonds. The number of primary sulfonamides is 1. The lowest BCUT2D eigenvalue weighted by molar-refractivity contribution is 0.0925. The van der Waals surface area contributed by atoms with Crippen molar-refractivity contribution in [2.45, 2.75) is 22.8 Å². The van der Waals surface area contributed by atoms with E-state index in [0.717, 1.165) is 5.56 Å². The maximum Gasteiger partial charge on any atom is 0.287 e. The Bertz CT molecular complexity index is 1320. The van der Waals surface area contributed by atoms with Crippen molar-refractivity contribution in [3.63, 3.8) is 0 Å². The van der Waals surface area contributed by atoms with Crippen molar-refractivity contribution in [2.24, 2.45) is 5.14 Å². The minimum absolute atomic E-state index is 0.00230. The molecule has 0 aliphatic rings. The van der Waals surface area contributed by atoms with Crippen molar-refractivity contribution in [3.8, 4) is 0 Å². The van der Waals surface area contributed by atoms with Crippen LogP contribution in [0.5, 0.6) is 0 Å². The van der Waals surface area contributed by atoms with Gasteiger partial charge in [-0.1, -0.05) is 41.9 Å². The lowest BCUT2D eigenvalue weighted by atomic mass is 10.1. The number of hydrogen-bond donors (Lipinski definition) is 2. The second-order valence-corrected chi connectivity index (χ2v) is 11.1. The van der Waals surface area contributed by atoms with Gasteiger partial charge in [0.15, 0.2) is 15.6 Å². The lowest BCUT2D eigenvalue weighted by Gasteiger charge is -2.06. The first-order valence-electron chi connectivity index (χ1n) is 9.46. The minimum Gasteiger partial charge on any atom is -0.455 e. The molecule has 32 heavy (non-hydrogen) atoms. The van der Waals surface area contributed by atoms with E-state index in [-0.39, 0.29) is 34.5 Å². The number of halogens is 1. The number of sulfone groups is 1. The topological polar surface area (TPSA) is 137 Å². The van der Waals surface area contributed by atoms with Gasteiger partial charge in [-0.3, -0.25) is 4.79 Å². The number of amides is 1. The lowest BCUT2D eigenvalue weighted by Crippen LogP contribution is -2.25. The van der Waals surface area contributed by atoms with Crippen LogP contribution in [0.3, 0.4) is 0 Å². The van der Waals surface area contributed by atoms with Crippen LogP contribution in [-0.4, -0.2) is 29.3 Å². The van der Waals surface area contributed by atoms with Crippen LogP contribution in [0.15, 0.2) is 70.0 Å². The zero-order valence-electron chi connectivity index (χ0n) is 16.8. The quantitative estimate of drug-likeness (QED) is 0.467. The highest BCUT2D eigenvalue weighted by molar-refractivity contribution is 7.89. The summed E-state index contributed by atoms with van der Waals surface area (Å²) in [7, 11) is -7.30. The Hall–Kier alpha value is -2.66. The summed E-state index contributed by atoms with van der Waals surface area (Å²) in [6.07, 6.45) is 0.455. The van der Waals surface area contributed by atoms with E-state index in [4.69, 9.17) is 21.2 Å². The Kier molecular flexibility index (Phi) is 7.40. The molecule has 3 aromatic rings. The summed E-state index contributed by atoms with van der Waals surface area (Å²) >= 11 is 6.03.